The zero-order valence-corrected chi connectivity index (χ0v) is 10.6. The van der Waals surface area contributed by atoms with Gasteiger partial charge in [0.1, 0.15) is 0 Å². The molecular formula is C11H17BrN2O. The van der Waals surface area contributed by atoms with Gasteiger partial charge in [-0.05, 0) is 41.3 Å². The molecule has 0 amide bonds. The number of aliphatic hydroxyl groups is 1. The highest BCUT2D eigenvalue weighted by Gasteiger charge is 2.01. The van der Waals surface area contributed by atoms with Gasteiger partial charge in [0.25, 0.3) is 0 Å². The van der Waals surface area contributed by atoms with Crippen LogP contribution >= 0.6 is 15.9 Å². The van der Waals surface area contributed by atoms with Crippen molar-refractivity contribution in [3.63, 3.8) is 0 Å². The molecule has 0 aliphatic carbocycles. The van der Waals surface area contributed by atoms with Gasteiger partial charge in [0.15, 0.2) is 0 Å². The van der Waals surface area contributed by atoms with Gasteiger partial charge in [-0.15, -0.1) is 0 Å². The molecule has 0 aromatic carbocycles. The SMILES string of the molecule is CN(CCCCCO)c1cncc(Br)c1. The number of anilines is 1. The molecule has 1 aromatic rings. The summed E-state index contributed by atoms with van der Waals surface area (Å²) in [7, 11) is 2.06. The molecule has 84 valence electrons. The van der Waals surface area contributed by atoms with Crippen LogP contribution in [-0.4, -0.2) is 30.3 Å². The number of unbranched alkanes of at least 4 members (excludes halogenated alkanes) is 2. The number of pyridine rings is 1. The van der Waals surface area contributed by atoms with E-state index in [2.05, 4.69) is 38.9 Å². The number of hydrogen-bond acceptors (Lipinski definition) is 3. The van der Waals surface area contributed by atoms with Crippen LogP contribution in [0.5, 0.6) is 0 Å². The third-order valence-electron chi connectivity index (χ3n) is 2.28. The lowest BCUT2D eigenvalue weighted by Crippen LogP contribution is -2.18. The van der Waals surface area contributed by atoms with Crippen LogP contribution in [0.1, 0.15) is 19.3 Å². The van der Waals surface area contributed by atoms with E-state index in [4.69, 9.17) is 5.11 Å². The van der Waals surface area contributed by atoms with Gasteiger partial charge in [0.2, 0.25) is 0 Å². The molecule has 0 unspecified atom stereocenters. The van der Waals surface area contributed by atoms with Crippen LogP contribution in [0.3, 0.4) is 0 Å². The van der Waals surface area contributed by atoms with Crippen molar-refractivity contribution in [3.05, 3.63) is 22.9 Å². The van der Waals surface area contributed by atoms with Crippen molar-refractivity contribution in [2.45, 2.75) is 19.3 Å². The number of nitrogens with zero attached hydrogens (tertiary/aromatic N) is 2. The van der Waals surface area contributed by atoms with E-state index in [0.717, 1.165) is 36.0 Å². The molecule has 0 saturated carbocycles. The van der Waals surface area contributed by atoms with Crippen LogP contribution in [0.2, 0.25) is 0 Å². The Morgan fingerprint density at radius 2 is 2.13 bits per heavy atom. The zero-order valence-electron chi connectivity index (χ0n) is 8.99. The molecular weight excluding hydrogens is 256 g/mol. The number of aromatic nitrogens is 1. The molecule has 15 heavy (non-hydrogen) atoms. The first-order chi connectivity index (χ1) is 7.24. The van der Waals surface area contributed by atoms with Gasteiger partial charge in [0, 0.05) is 30.9 Å². The third kappa shape index (κ3) is 4.62. The summed E-state index contributed by atoms with van der Waals surface area (Å²) in [5, 5.41) is 8.66. The minimum Gasteiger partial charge on any atom is -0.396 e. The maximum Gasteiger partial charge on any atom is 0.0561 e. The van der Waals surface area contributed by atoms with Crippen LogP contribution in [0.4, 0.5) is 5.69 Å². The summed E-state index contributed by atoms with van der Waals surface area (Å²) in [6, 6.07) is 2.05. The van der Waals surface area contributed by atoms with Crippen molar-refractivity contribution in [2.75, 3.05) is 25.1 Å². The molecule has 1 heterocycles. The lowest BCUT2D eigenvalue weighted by molar-refractivity contribution is 0.283. The van der Waals surface area contributed by atoms with Crippen molar-refractivity contribution in [1.82, 2.24) is 4.98 Å². The summed E-state index contributed by atoms with van der Waals surface area (Å²) in [5.41, 5.74) is 1.12. The average molecular weight is 273 g/mol. The van der Waals surface area contributed by atoms with Crippen LogP contribution in [-0.2, 0) is 0 Å². The van der Waals surface area contributed by atoms with Crippen molar-refractivity contribution < 1.29 is 5.11 Å². The van der Waals surface area contributed by atoms with E-state index in [-0.39, 0.29) is 0 Å². The summed E-state index contributed by atoms with van der Waals surface area (Å²) in [6.45, 7) is 1.29. The fraction of sp³-hybridized carbons (Fsp3) is 0.545. The van der Waals surface area contributed by atoms with E-state index in [9.17, 15) is 0 Å². The summed E-state index contributed by atoms with van der Waals surface area (Å²) >= 11 is 3.40. The first-order valence-electron chi connectivity index (χ1n) is 5.16. The van der Waals surface area contributed by atoms with E-state index in [0.29, 0.717) is 6.61 Å². The van der Waals surface area contributed by atoms with Gasteiger partial charge in [0.05, 0.1) is 11.9 Å². The number of rotatable bonds is 6. The van der Waals surface area contributed by atoms with Crippen molar-refractivity contribution in [1.29, 1.82) is 0 Å². The average Bonchev–Trinajstić information content (AvgIpc) is 2.24. The van der Waals surface area contributed by atoms with Gasteiger partial charge in [-0.2, -0.15) is 0 Å². The Morgan fingerprint density at radius 1 is 1.33 bits per heavy atom. The molecule has 3 nitrogen and oxygen atoms in total. The molecule has 0 fully saturated rings. The number of hydrogen-bond donors (Lipinski definition) is 1. The fourth-order valence-electron chi connectivity index (χ4n) is 1.38. The van der Waals surface area contributed by atoms with E-state index in [1.54, 1.807) is 6.20 Å². The normalized spacial score (nSPS) is 10.3. The summed E-state index contributed by atoms with van der Waals surface area (Å²) < 4.78 is 1.00. The summed E-state index contributed by atoms with van der Waals surface area (Å²) in [4.78, 5) is 6.30. The smallest absolute Gasteiger partial charge is 0.0561 e. The molecule has 0 radical (unpaired) electrons. The Bertz CT molecular complexity index is 294. The Balaban J connectivity index is 2.36. The molecule has 1 N–H and O–H groups in total. The molecule has 1 rings (SSSR count). The maximum atomic E-state index is 8.66. The second-order valence-corrected chi connectivity index (χ2v) is 4.48. The van der Waals surface area contributed by atoms with Crippen molar-refractivity contribution in [2.24, 2.45) is 0 Å². The molecule has 0 aliphatic rings. The highest BCUT2D eigenvalue weighted by molar-refractivity contribution is 9.10. The lowest BCUT2D eigenvalue weighted by atomic mass is 10.2. The Kier molecular flexibility index (Phi) is 5.65. The Labute approximate surface area is 99.3 Å². The number of halogens is 1. The van der Waals surface area contributed by atoms with Crippen molar-refractivity contribution >= 4 is 21.6 Å². The predicted octanol–water partition coefficient (Wildman–Crippen LogP) is 2.44. The highest BCUT2D eigenvalue weighted by Crippen LogP contribution is 2.17. The van der Waals surface area contributed by atoms with Crippen LogP contribution in [0, 0.1) is 0 Å². The predicted molar refractivity (Wildman–Crippen MR) is 66.1 cm³/mol. The van der Waals surface area contributed by atoms with E-state index in [1.165, 1.54) is 0 Å². The van der Waals surface area contributed by atoms with E-state index >= 15 is 0 Å². The van der Waals surface area contributed by atoms with Gasteiger partial charge in [-0.1, -0.05) is 0 Å². The fourth-order valence-corrected chi connectivity index (χ4v) is 1.73. The molecule has 0 saturated heterocycles. The quantitative estimate of drug-likeness (QED) is 0.809. The molecule has 0 spiro atoms. The minimum absolute atomic E-state index is 0.294. The summed E-state index contributed by atoms with van der Waals surface area (Å²) in [6.07, 6.45) is 6.70. The van der Waals surface area contributed by atoms with Gasteiger partial charge >= 0.3 is 0 Å². The first kappa shape index (κ1) is 12.5. The zero-order chi connectivity index (χ0) is 11.1. The molecule has 1 aromatic heterocycles. The second-order valence-electron chi connectivity index (χ2n) is 3.57. The summed E-state index contributed by atoms with van der Waals surface area (Å²) in [5.74, 6) is 0. The first-order valence-corrected chi connectivity index (χ1v) is 5.96. The van der Waals surface area contributed by atoms with Gasteiger partial charge in [-0.3, -0.25) is 4.98 Å². The van der Waals surface area contributed by atoms with Gasteiger partial charge < -0.3 is 10.0 Å². The Hall–Kier alpha value is -0.610. The standard InChI is InChI=1S/C11H17BrN2O/c1-14(5-3-2-4-6-15)11-7-10(12)8-13-9-11/h7-9,15H,2-6H2,1H3. The highest BCUT2D eigenvalue weighted by atomic mass is 79.9. The van der Waals surface area contributed by atoms with E-state index < -0.39 is 0 Å². The van der Waals surface area contributed by atoms with Crippen LogP contribution in [0.15, 0.2) is 22.9 Å². The van der Waals surface area contributed by atoms with Crippen LogP contribution < -0.4 is 4.90 Å². The Morgan fingerprint density at radius 3 is 2.80 bits per heavy atom. The minimum atomic E-state index is 0.294. The third-order valence-corrected chi connectivity index (χ3v) is 2.72. The van der Waals surface area contributed by atoms with E-state index in [1.807, 2.05) is 6.20 Å². The second kappa shape index (κ2) is 6.80. The monoisotopic (exact) mass is 272 g/mol. The molecule has 0 bridgehead atoms. The largest absolute Gasteiger partial charge is 0.396 e. The lowest BCUT2D eigenvalue weighted by Gasteiger charge is -2.18. The van der Waals surface area contributed by atoms with Gasteiger partial charge in [-0.25, -0.2) is 0 Å². The van der Waals surface area contributed by atoms with Crippen LogP contribution in [0.25, 0.3) is 0 Å². The molecule has 4 heteroatoms. The van der Waals surface area contributed by atoms with Crippen molar-refractivity contribution in [3.8, 4) is 0 Å². The number of aliphatic hydroxyl groups excluding tert-OH is 1. The molecule has 0 atom stereocenters. The molecule has 0 aliphatic heterocycles. The topological polar surface area (TPSA) is 36.4 Å². The maximum absolute atomic E-state index is 8.66.